The maximum Gasteiger partial charge on any atom is 0.133 e. The Morgan fingerprint density at radius 3 is 2.67 bits per heavy atom. The summed E-state index contributed by atoms with van der Waals surface area (Å²) in [5.41, 5.74) is 0. The SMILES string of the molecule is CCCc1nc(NC)cc(NC2CCC(C)C2)n1. The van der Waals surface area contributed by atoms with Gasteiger partial charge in [0.15, 0.2) is 0 Å². The van der Waals surface area contributed by atoms with Crippen molar-refractivity contribution < 1.29 is 0 Å². The number of nitrogens with one attached hydrogen (secondary N) is 2. The van der Waals surface area contributed by atoms with E-state index in [4.69, 9.17) is 0 Å². The quantitative estimate of drug-likeness (QED) is 0.841. The third-order valence-corrected chi connectivity index (χ3v) is 3.55. The highest BCUT2D eigenvalue weighted by Crippen LogP contribution is 2.27. The second kappa shape index (κ2) is 6.03. The molecule has 2 atom stereocenters. The molecular weight excluding hydrogens is 224 g/mol. The van der Waals surface area contributed by atoms with E-state index in [1.807, 2.05) is 13.1 Å². The van der Waals surface area contributed by atoms with E-state index in [1.54, 1.807) is 0 Å². The van der Waals surface area contributed by atoms with Crippen molar-refractivity contribution in [2.75, 3.05) is 17.7 Å². The fourth-order valence-electron chi connectivity index (χ4n) is 2.58. The topological polar surface area (TPSA) is 49.8 Å². The first-order chi connectivity index (χ1) is 8.71. The number of nitrogens with zero attached hydrogens (tertiary/aromatic N) is 2. The summed E-state index contributed by atoms with van der Waals surface area (Å²) in [5, 5.41) is 6.66. The van der Waals surface area contributed by atoms with E-state index in [2.05, 4.69) is 34.4 Å². The van der Waals surface area contributed by atoms with Gasteiger partial charge in [0, 0.05) is 25.6 Å². The van der Waals surface area contributed by atoms with Crippen molar-refractivity contribution in [1.82, 2.24) is 9.97 Å². The molecule has 2 N–H and O–H groups in total. The maximum atomic E-state index is 4.60. The molecule has 18 heavy (non-hydrogen) atoms. The minimum absolute atomic E-state index is 0.578. The molecule has 0 saturated heterocycles. The summed E-state index contributed by atoms with van der Waals surface area (Å²) in [7, 11) is 1.90. The third kappa shape index (κ3) is 3.34. The summed E-state index contributed by atoms with van der Waals surface area (Å²) < 4.78 is 0. The first-order valence-corrected chi connectivity index (χ1v) is 7.03. The number of hydrogen-bond acceptors (Lipinski definition) is 4. The van der Waals surface area contributed by atoms with Crippen LogP contribution in [0.25, 0.3) is 0 Å². The molecule has 0 bridgehead atoms. The van der Waals surface area contributed by atoms with Crippen molar-refractivity contribution >= 4 is 11.6 Å². The van der Waals surface area contributed by atoms with Crippen LogP contribution in [-0.4, -0.2) is 23.1 Å². The molecule has 4 nitrogen and oxygen atoms in total. The summed E-state index contributed by atoms with van der Waals surface area (Å²) in [6.07, 6.45) is 5.84. The van der Waals surface area contributed by atoms with E-state index in [9.17, 15) is 0 Å². The highest BCUT2D eigenvalue weighted by molar-refractivity contribution is 5.47. The number of rotatable bonds is 5. The average Bonchev–Trinajstić information content (AvgIpc) is 2.75. The molecule has 0 radical (unpaired) electrons. The molecule has 1 aromatic rings. The molecule has 1 aromatic heterocycles. The Morgan fingerprint density at radius 1 is 1.28 bits per heavy atom. The number of aromatic nitrogens is 2. The van der Waals surface area contributed by atoms with Gasteiger partial charge in [-0.05, 0) is 31.6 Å². The van der Waals surface area contributed by atoms with Crippen LogP contribution in [0.4, 0.5) is 11.6 Å². The summed E-state index contributed by atoms with van der Waals surface area (Å²) in [6, 6.07) is 2.58. The van der Waals surface area contributed by atoms with Gasteiger partial charge >= 0.3 is 0 Å². The fourth-order valence-corrected chi connectivity index (χ4v) is 2.58. The number of aryl methyl sites for hydroxylation is 1. The Kier molecular flexibility index (Phi) is 4.39. The molecule has 0 spiro atoms. The Balaban J connectivity index is 2.08. The lowest BCUT2D eigenvalue weighted by Gasteiger charge is -2.14. The van der Waals surface area contributed by atoms with E-state index in [0.717, 1.165) is 36.2 Å². The Bertz CT molecular complexity index is 391. The summed E-state index contributed by atoms with van der Waals surface area (Å²) >= 11 is 0. The van der Waals surface area contributed by atoms with E-state index >= 15 is 0 Å². The van der Waals surface area contributed by atoms with Crippen molar-refractivity contribution in [3.05, 3.63) is 11.9 Å². The minimum atomic E-state index is 0.578. The molecule has 1 aliphatic rings. The molecule has 1 saturated carbocycles. The van der Waals surface area contributed by atoms with Gasteiger partial charge in [0.1, 0.15) is 17.5 Å². The zero-order valence-electron chi connectivity index (χ0n) is 11.7. The molecule has 4 heteroatoms. The minimum Gasteiger partial charge on any atom is -0.373 e. The zero-order valence-corrected chi connectivity index (χ0v) is 11.7. The Labute approximate surface area is 110 Å². The summed E-state index contributed by atoms with van der Waals surface area (Å²) in [4.78, 5) is 9.07. The van der Waals surface area contributed by atoms with Gasteiger partial charge < -0.3 is 10.6 Å². The van der Waals surface area contributed by atoms with Gasteiger partial charge in [-0.2, -0.15) is 0 Å². The molecule has 0 aliphatic heterocycles. The molecule has 100 valence electrons. The molecule has 2 rings (SSSR count). The van der Waals surface area contributed by atoms with Crippen molar-refractivity contribution in [2.45, 2.75) is 52.0 Å². The van der Waals surface area contributed by atoms with E-state index in [1.165, 1.54) is 19.3 Å². The molecule has 1 aliphatic carbocycles. The molecule has 0 aromatic carbocycles. The predicted molar refractivity (Wildman–Crippen MR) is 76.0 cm³/mol. The van der Waals surface area contributed by atoms with Gasteiger partial charge in [0.2, 0.25) is 0 Å². The van der Waals surface area contributed by atoms with Crippen LogP contribution in [0.3, 0.4) is 0 Å². The van der Waals surface area contributed by atoms with Crippen LogP contribution in [0.1, 0.15) is 45.4 Å². The second-order valence-electron chi connectivity index (χ2n) is 5.31. The zero-order chi connectivity index (χ0) is 13.0. The molecule has 0 amide bonds. The van der Waals surface area contributed by atoms with Gasteiger partial charge in [-0.3, -0.25) is 0 Å². The van der Waals surface area contributed by atoms with Crippen molar-refractivity contribution in [2.24, 2.45) is 5.92 Å². The fraction of sp³-hybridized carbons (Fsp3) is 0.714. The third-order valence-electron chi connectivity index (χ3n) is 3.55. The van der Waals surface area contributed by atoms with Crippen LogP contribution in [0.15, 0.2) is 6.07 Å². The van der Waals surface area contributed by atoms with Crippen LogP contribution in [0.2, 0.25) is 0 Å². The normalized spacial score (nSPS) is 23.1. The van der Waals surface area contributed by atoms with Gasteiger partial charge in [-0.1, -0.05) is 13.8 Å². The Hall–Kier alpha value is -1.32. The molecule has 2 unspecified atom stereocenters. The van der Waals surface area contributed by atoms with Crippen LogP contribution >= 0.6 is 0 Å². The molecule has 1 heterocycles. The van der Waals surface area contributed by atoms with Gasteiger partial charge in [0.05, 0.1) is 0 Å². The van der Waals surface area contributed by atoms with Gasteiger partial charge in [-0.25, -0.2) is 9.97 Å². The number of anilines is 2. The molecule has 1 fully saturated rings. The lowest BCUT2D eigenvalue weighted by Crippen LogP contribution is -2.17. The summed E-state index contributed by atoms with van der Waals surface area (Å²) in [5.74, 6) is 3.64. The second-order valence-corrected chi connectivity index (χ2v) is 5.31. The van der Waals surface area contributed by atoms with E-state index in [-0.39, 0.29) is 0 Å². The van der Waals surface area contributed by atoms with Gasteiger partial charge in [0.25, 0.3) is 0 Å². The predicted octanol–water partition coefficient (Wildman–Crippen LogP) is 3.07. The standard InChI is InChI=1S/C14H24N4/c1-4-5-12-17-13(15-3)9-14(18-12)16-11-7-6-10(2)8-11/h9-11H,4-8H2,1-3H3,(H2,15,16,17,18). The highest BCUT2D eigenvalue weighted by Gasteiger charge is 2.21. The summed E-state index contributed by atoms with van der Waals surface area (Å²) in [6.45, 7) is 4.48. The molecular formula is C14H24N4. The smallest absolute Gasteiger partial charge is 0.133 e. The van der Waals surface area contributed by atoms with Crippen molar-refractivity contribution in [3.63, 3.8) is 0 Å². The largest absolute Gasteiger partial charge is 0.373 e. The van der Waals surface area contributed by atoms with Crippen LogP contribution in [-0.2, 0) is 6.42 Å². The first kappa shape index (κ1) is 13.1. The highest BCUT2D eigenvalue weighted by atomic mass is 15.1. The van der Waals surface area contributed by atoms with E-state index in [0.29, 0.717) is 6.04 Å². The van der Waals surface area contributed by atoms with Crippen LogP contribution < -0.4 is 10.6 Å². The van der Waals surface area contributed by atoms with Crippen LogP contribution in [0.5, 0.6) is 0 Å². The van der Waals surface area contributed by atoms with Gasteiger partial charge in [-0.15, -0.1) is 0 Å². The monoisotopic (exact) mass is 248 g/mol. The van der Waals surface area contributed by atoms with Crippen molar-refractivity contribution in [3.8, 4) is 0 Å². The van der Waals surface area contributed by atoms with Crippen LogP contribution in [0, 0.1) is 5.92 Å². The average molecular weight is 248 g/mol. The maximum absolute atomic E-state index is 4.60. The number of hydrogen-bond donors (Lipinski definition) is 2. The van der Waals surface area contributed by atoms with E-state index < -0.39 is 0 Å². The Morgan fingerprint density at radius 2 is 2.06 bits per heavy atom. The lowest BCUT2D eigenvalue weighted by molar-refractivity contribution is 0.602. The first-order valence-electron chi connectivity index (χ1n) is 7.03. The lowest BCUT2D eigenvalue weighted by atomic mass is 10.1. The van der Waals surface area contributed by atoms with Crippen molar-refractivity contribution in [1.29, 1.82) is 0 Å².